The number of aliphatic hydroxyl groups is 1. The summed E-state index contributed by atoms with van der Waals surface area (Å²) in [4.78, 5) is 11.5. The molecule has 150 valence electrons. The van der Waals surface area contributed by atoms with E-state index in [4.69, 9.17) is 4.74 Å². The van der Waals surface area contributed by atoms with E-state index in [-0.39, 0.29) is 29.4 Å². The summed E-state index contributed by atoms with van der Waals surface area (Å²) in [5.74, 6) is -0.404. The fourth-order valence-electron chi connectivity index (χ4n) is 3.23. The number of benzene rings is 1. The van der Waals surface area contributed by atoms with Gasteiger partial charge >= 0.3 is 0 Å². The third kappa shape index (κ3) is 5.47. The summed E-state index contributed by atoms with van der Waals surface area (Å²) in [5, 5.41) is 12.5. The molecule has 1 saturated carbocycles. The van der Waals surface area contributed by atoms with E-state index in [9.17, 15) is 22.7 Å². The molecule has 0 bridgehead atoms. The van der Waals surface area contributed by atoms with Crippen molar-refractivity contribution in [3.05, 3.63) is 30.1 Å². The maximum absolute atomic E-state index is 13.3. The van der Waals surface area contributed by atoms with Crippen molar-refractivity contribution in [2.75, 3.05) is 13.2 Å². The zero-order valence-electron chi connectivity index (χ0n) is 14.9. The molecule has 1 aliphatic carbocycles. The Hall–Kier alpha value is -1.55. The van der Waals surface area contributed by atoms with Gasteiger partial charge in [0.1, 0.15) is 5.82 Å². The topological polar surface area (TPSA) is 105 Å². The van der Waals surface area contributed by atoms with Crippen LogP contribution in [0.5, 0.6) is 0 Å². The Bertz CT molecular complexity index is 769. The van der Waals surface area contributed by atoms with Gasteiger partial charge in [0, 0.05) is 12.5 Å². The normalized spacial score (nSPS) is 25.9. The number of hydrogen-bond donors (Lipinski definition) is 3. The molecule has 1 amide bonds. The lowest BCUT2D eigenvalue weighted by Gasteiger charge is -2.36. The number of carbonyl (C=O) groups excluding carboxylic acids is 1. The Morgan fingerprint density at radius 2 is 2.04 bits per heavy atom. The molecule has 1 heterocycles. The van der Waals surface area contributed by atoms with E-state index < -0.39 is 28.0 Å². The van der Waals surface area contributed by atoms with Crippen LogP contribution in [0.1, 0.15) is 32.1 Å². The summed E-state index contributed by atoms with van der Waals surface area (Å²) in [6, 6.07) is 4.17. The van der Waals surface area contributed by atoms with Crippen LogP contribution in [-0.2, 0) is 19.6 Å². The fraction of sp³-hybridized carbons (Fsp3) is 0.611. The Morgan fingerprint density at radius 3 is 2.70 bits per heavy atom. The van der Waals surface area contributed by atoms with Gasteiger partial charge in [-0.15, -0.1) is 0 Å². The molecule has 2 aliphatic rings. The van der Waals surface area contributed by atoms with Gasteiger partial charge in [-0.05, 0) is 50.3 Å². The molecule has 0 aromatic heterocycles. The second kappa shape index (κ2) is 8.64. The summed E-state index contributed by atoms with van der Waals surface area (Å²) >= 11 is 0. The first kappa shape index (κ1) is 20.2. The molecule has 3 N–H and O–H groups in total. The first-order chi connectivity index (χ1) is 12.9. The molecule has 3 rings (SSSR count). The maximum atomic E-state index is 13.3. The third-order valence-corrected chi connectivity index (χ3v) is 6.41. The minimum Gasteiger partial charge on any atom is -0.394 e. The lowest BCUT2D eigenvalue weighted by molar-refractivity contribution is -0.122. The standard InChI is InChI=1S/C18H25FN2O5S/c19-13-2-1-3-15(10-13)27(24,25)21-16-7-6-14(26-17(16)11-22)8-9-20-18(23)12-4-5-12/h1-3,10,12,14,16-17,21-22H,4-9,11H2,(H,20,23)/t14-,16-,17-/m0/s1. The molecule has 1 aromatic carbocycles. The Labute approximate surface area is 158 Å². The van der Waals surface area contributed by atoms with Crippen LogP contribution in [0.4, 0.5) is 4.39 Å². The van der Waals surface area contributed by atoms with Crippen molar-refractivity contribution in [3.8, 4) is 0 Å². The maximum Gasteiger partial charge on any atom is 0.241 e. The largest absolute Gasteiger partial charge is 0.394 e. The lowest BCUT2D eigenvalue weighted by atomic mass is 9.98. The molecule has 1 aliphatic heterocycles. The Kier molecular flexibility index (Phi) is 6.46. The van der Waals surface area contributed by atoms with Crippen LogP contribution in [0.3, 0.4) is 0 Å². The fourth-order valence-corrected chi connectivity index (χ4v) is 4.56. The van der Waals surface area contributed by atoms with Crippen molar-refractivity contribution < 1.29 is 27.4 Å². The molecule has 7 nitrogen and oxygen atoms in total. The van der Waals surface area contributed by atoms with Gasteiger partial charge in [-0.1, -0.05) is 6.07 Å². The number of ether oxygens (including phenoxy) is 1. The number of amides is 1. The molecule has 3 atom stereocenters. The van der Waals surface area contributed by atoms with Gasteiger partial charge in [0.05, 0.1) is 29.8 Å². The van der Waals surface area contributed by atoms with Crippen molar-refractivity contribution in [1.82, 2.24) is 10.0 Å². The van der Waals surface area contributed by atoms with E-state index in [2.05, 4.69) is 10.0 Å². The SMILES string of the molecule is O=C(NCC[C@@H]1CC[C@H](NS(=O)(=O)c2cccc(F)c2)[C@H](CO)O1)C1CC1. The number of carbonyl (C=O) groups is 1. The molecular weight excluding hydrogens is 375 g/mol. The molecule has 9 heteroatoms. The molecule has 2 fully saturated rings. The quantitative estimate of drug-likeness (QED) is 0.602. The molecule has 0 radical (unpaired) electrons. The summed E-state index contributed by atoms with van der Waals surface area (Å²) in [5.41, 5.74) is 0. The average molecular weight is 400 g/mol. The second-order valence-corrected chi connectivity index (χ2v) is 8.81. The van der Waals surface area contributed by atoms with Crippen molar-refractivity contribution in [3.63, 3.8) is 0 Å². The van der Waals surface area contributed by atoms with Crippen LogP contribution >= 0.6 is 0 Å². The van der Waals surface area contributed by atoms with Gasteiger partial charge in [-0.2, -0.15) is 0 Å². The van der Waals surface area contributed by atoms with Crippen LogP contribution in [-0.4, -0.2) is 50.8 Å². The Morgan fingerprint density at radius 1 is 1.26 bits per heavy atom. The van der Waals surface area contributed by atoms with E-state index in [1.807, 2.05) is 0 Å². The van der Waals surface area contributed by atoms with Gasteiger partial charge < -0.3 is 15.2 Å². The highest BCUT2D eigenvalue weighted by Gasteiger charge is 2.34. The van der Waals surface area contributed by atoms with E-state index in [0.29, 0.717) is 25.8 Å². The zero-order chi connectivity index (χ0) is 19.4. The zero-order valence-corrected chi connectivity index (χ0v) is 15.8. The summed E-state index contributed by atoms with van der Waals surface area (Å²) < 4.78 is 46.5. The lowest BCUT2D eigenvalue weighted by Crippen LogP contribution is -2.51. The first-order valence-corrected chi connectivity index (χ1v) is 10.7. The van der Waals surface area contributed by atoms with Crippen LogP contribution in [0, 0.1) is 11.7 Å². The summed E-state index contributed by atoms with van der Waals surface area (Å²) in [6.07, 6.45) is 2.76. The first-order valence-electron chi connectivity index (χ1n) is 9.21. The highest BCUT2D eigenvalue weighted by atomic mass is 32.2. The van der Waals surface area contributed by atoms with E-state index >= 15 is 0 Å². The number of sulfonamides is 1. The minimum absolute atomic E-state index is 0.0743. The highest BCUT2D eigenvalue weighted by molar-refractivity contribution is 7.89. The molecule has 1 aromatic rings. The molecule has 0 unspecified atom stereocenters. The minimum atomic E-state index is -3.91. The molecule has 1 saturated heterocycles. The van der Waals surface area contributed by atoms with Gasteiger partial charge in [-0.25, -0.2) is 17.5 Å². The number of halogens is 1. The number of hydrogen-bond acceptors (Lipinski definition) is 5. The second-order valence-electron chi connectivity index (χ2n) is 7.10. The van der Waals surface area contributed by atoms with Crippen LogP contribution in [0.2, 0.25) is 0 Å². The molecular formula is C18H25FN2O5S. The summed E-state index contributed by atoms with van der Waals surface area (Å²) in [7, 11) is -3.91. The molecule has 27 heavy (non-hydrogen) atoms. The summed E-state index contributed by atoms with van der Waals surface area (Å²) in [6.45, 7) is 0.166. The number of aliphatic hydroxyl groups excluding tert-OH is 1. The van der Waals surface area contributed by atoms with Crippen molar-refractivity contribution in [2.24, 2.45) is 5.92 Å². The van der Waals surface area contributed by atoms with Gasteiger partial charge in [0.15, 0.2) is 0 Å². The van der Waals surface area contributed by atoms with Crippen molar-refractivity contribution >= 4 is 15.9 Å². The van der Waals surface area contributed by atoms with Gasteiger partial charge in [0.2, 0.25) is 15.9 Å². The van der Waals surface area contributed by atoms with Crippen molar-refractivity contribution in [2.45, 2.75) is 55.2 Å². The van der Waals surface area contributed by atoms with Gasteiger partial charge in [-0.3, -0.25) is 4.79 Å². The average Bonchev–Trinajstić information content (AvgIpc) is 3.48. The van der Waals surface area contributed by atoms with Crippen LogP contribution < -0.4 is 10.0 Å². The van der Waals surface area contributed by atoms with Crippen LogP contribution in [0.25, 0.3) is 0 Å². The predicted molar refractivity (Wildman–Crippen MR) is 95.8 cm³/mol. The molecule has 0 spiro atoms. The predicted octanol–water partition coefficient (Wildman–Crippen LogP) is 0.929. The smallest absolute Gasteiger partial charge is 0.241 e. The monoisotopic (exact) mass is 400 g/mol. The third-order valence-electron chi connectivity index (χ3n) is 4.92. The van der Waals surface area contributed by atoms with Crippen molar-refractivity contribution in [1.29, 1.82) is 0 Å². The highest BCUT2D eigenvalue weighted by Crippen LogP contribution is 2.29. The number of nitrogens with one attached hydrogen (secondary N) is 2. The van der Waals surface area contributed by atoms with E-state index in [1.54, 1.807) is 0 Å². The van der Waals surface area contributed by atoms with Gasteiger partial charge in [0.25, 0.3) is 0 Å². The van der Waals surface area contributed by atoms with E-state index in [1.165, 1.54) is 18.2 Å². The number of rotatable bonds is 8. The Balaban J connectivity index is 1.52. The van der Waals surface area contributed by atoms with E-state index in [0.717, 1.165) is 18.9 Å². The van der Waals surface area contributed by atoms with Crippen LogP contribution in [0.15, 0.2) is 29.2 Å².